The zero-order valence-electron chi connectivity index (χ0n) is 54.3. The molecule has 12 N–H and O–H groups in total. The van der Waals surface area contributed by atoms with Gasteiger partial charge in [-0.3, -0.25) is 4.79 Å². The number of hydrogen-bond donors (Lipinski definition) is 12. The number of aliphatic hydroxyl groups excluding tert-OH is 11. The minimum absolute atomic E-state index is 0.250. The van der Waals surface area contributed by atoms with E-state index in [0.717, 1.165) is 44.9 Å². The number of unbranched alkanes of at least 4 members (excludes halogenated alkanes) is 39. The SMILES string of the molecule is CCCCCCCCCCCCCCCCCCC/C=C/C(O)C(COC1OC(CO)C(OC2OC(CO)C(OC3OC(CO)C(O)C(O)C3O)C(O)C2O)C(O)C1O)NC(=O)CCCCCCCCCCCCCCCCCCCCCCCCC. The predicted octanol–water partition coefficient (Wildman–Crippen LogP) is 9.28. The quantitative estimate of drug-likeness (QED) is 0.0199. The molecule has 3 fully saturated rings. The summed E-state index contributed by atoms with van der Waals surface area (Å²) in [6.45, 7) is 1.78. The van der Waals surface area contributed by atoms with Crippen LogP contribution in [0.1, 0.15) is 284 Å². The van der Waals surface area contributed by atoms with Crippen molar-refractivity contribution in [3.8, 4) is 0 Å². The first-order valence-corrected chi connectivity index (χ1v) is 35.4. The molecule has 0 aromatic rings. The molecule has 3 heterocycles. The minimum atomic E-state index is -1.98. The second-order valence-electron chi connectivity index (χ2n) is 25.7. The lowest BCUT2D eigenvalue weighted by atomic mass is 9.96. The fourth-order valence-electron chi connectivity index (χ4n) is 12.3. The Morgan fingerprint density at radius 1 is 0.402 bits per heavy atom. The maximum absolute atomic E-state index is 13.4. The molecule has 0 saturated carbocycles. The largest absolute Gasteiger partial charge is 0.394 e. The number of aliphatic hydroxyl groups is 11. The second kappa shape index (κ2) is 51.0. The Bertz CT molecular complexity index is 1630. The molecule has 19 nitrogen and oxygen atoms in total. The maximum Gasteiger partial charge on any atom is 0.220 e. The van der Waals surface area contributed by atoms with E-state index >= 15 is 0 Å². The summed E-state index contributed by atoms with van der Waals surface area (Å²) < 4.78 is 34.4. The van der Waals surface area contributed by atoms with Crippen LogP contribution in [0.5, 0.6) is 0 Å². The van der Waals surface area contributed by atoms with Gasteiger partial charge in [0.05, 0.1) is 38.6 Å². The van der Waals surface area contributed by atoms with Gasteiger partial charge >= 0.3 is 0 Å². The van der Waals surface area contributed by atoms with Crippen LogP contribution >= 0.6 is 0 Å². The fraction of sp³-hybridized carbons (Fsp3) is 0.956. The highest BCUT2D eigenvalue weighted by Gasteiger charge is 2.53. The van der Waals surface area contributed by atoms with E-state index in [4.69, 9.17) is 28.4 Å². The van der Waals surface area contributed by atoms with Gasteiger partial charge in [-0.1, -0.05) is 270 Å². The van der Waals surface area contributed by atoms with Crippen LogP contribution in [0.25, 0.3) is 0 Å². The molecule has 3 saturated heterocycles. The number of nitrogens with one attached hydrogen (secondary N) is 1. The summed E-state index contributed by atoms with van der Waals surface area (Å²) >= 11 is 0. The van der Waals surface area contributed by atoms with E-state index in [1.807, 2.05) is 6.08 Å². The van der Waals surface area contributed by atoms with Gasteiger partial charge in [0.25, 0.3) is 0 Å². The zero-order valence-corrected chi connectivity index (χ0v) is 54.3. The van der Waals surface area contributed by atoms with Gasteiger partial charge in [0.2, 0.25) is 5.91 Å². The van der Waals surface area contributed by atoms with Crippen LogP contribution in [0.15, 0.2) is 12.2 Å². The van der Waals surface area contributed by atoms with Crippen LogP contribution in [-0.2, 0) is 33.2 Å². The fourth-order valence-corrected chi connectivity index (χ4v) is 12.3. The lowest BCUT2D eigenvalue weighted by molar-refractivity contribution is -0.379. The molecular weight excluding hydrogens is 1120 g/mol. The van der Waals surface area contributed by atoms with E-state index in [1.54, 1.807) is 6.08 Å². The van der Waals surface area contributed by atoms with E-state index < -0.39 is 124 Å². The molecule has 87 heavy (non-hydrogen) atoms. The molecule has 0 aromatic carbocycles. The normalized spacial score (nSPS) is 28.6. The minimum Gasteiger partial charge on any atom is -0.394 e. The lowest BCUT2D eigenvalue weighted by Gasteiger charge is -2.48. The molecule has 514 valence electrons. The Morgan fingerprint density at radius 3 is 1.08 bits per heavy atom. The maximum atomic E-state index is 13.4. The van der Waals surface area contributed by atoms with Crippen molar-refractivity contribution in [2.24, 2.45) is 0 Å². The average molecular weight is 1250 g/mol. The van der Waals surface area contributed by atoms with E-state index in [-0.39, 0.29) is 18.9 Å². The van der Waals surface area contributed by atoms with Crippen molar-refractivity contribution >= 4 is 5.91 Å². The molecule has 3 aliphatic heterocycles. The Labute approximate surface area is 525 Å². The van der Waals surface area contributed by atoms with Crippen LogP contribution in [0, 0.1) is 0 Å². The Balaban J connectivity index is 1.43. The van der Waals surface area contributed by atoms with Crippen LogP contribution in [0.4, 0.5) is 0 Å². The van der Waals surface area contributed by atoms with Gasteiger partial charge in [0.15, 0.2) is 18.9 Å². The third-order valence-electron chi connectivity index (χ3n) is 18.1. The molecular formula is C68H129NO18. The van der Waals surface area contributed by atoms with Gasteiger partial charge in [-0.2, -0.15) is 0 Å². The summed E-state index contributed by atoms with van der Waals surface area (Å²) in [5.74, 6) is -0.269. The molecule has 0 radical (unpaired) electrons. The second-order valence-corrected chi connectivity index (χ2v) is 25.7. The summed E-state index contributed by atoms with van der Waals surface area (Å²) in [6.07, 6.45) is 29.0. The number of carbonyl (C=O) groups excluding carboxylic acids is 1. The van der Waals surface area contributed by atoms with E-state index in [2.05, 4.69) is 19.2 Å². The molecule has 0 bridgehead atoms. The predicted molar refractivity (Wildman–Crippen MR) is 337 cm³/mol. The number of carbonyl (C=O) groups is 1. The monoisotopic (exact) mass is 1250 g/mol. The van der Waals surface area contributed by atoms with Crippen molar-refractivity contribution in [1.82, 2.24) is 5.32 Å². The Hall–Kier alpha value is -1.47. The third kappa shape index (κ3) is 33.3. The van der Waals surface area contributed by atoms with Crippen LogP contribution in [0.3, 0.4) is 0 Å². The van der Waals surface area contributed by atoms with E-state index in [9.17, 15) is 61.0 Å². The van der Waals surface area contributed by atoms with E-state index in [0.29, 0.717) is 6.42 Å². The molecule has 0 aliphatic carbocycles. The highest BCUT2D eigenvalue weighted by molar-refractivity contribution is 5.76. The Morgan fingerprint density at radius 2 is 0.713 bits per heavy atom. The van der Waals surface area contributed by atoms with Gasteiger partial charge in [-0.25, -0.2) is 0 Å². The smallest absolute Gasteiger partial charge is 0.220 e. The first-order chi connectivity index (χ1) is 42.3. The topological polar surface area (TPSA) is 307 Å². The molecule has 0 aromatic heterocycles. The molecule has 1 amide bonds. The van der Waals surface area contributed by atoms with Gasteiger partial charge in [0.1, 0.15) is 73.2 Å². The van der Waals surface area contributed by atoms with Gasteiger partial charge in [-0.15, -0.1) is 0 Å². The Kier molecular flexibility index (Phi) is 46.8. The van der Waals surface area contributed by atoms with E-state index in [1.165, 1.54) is 212 Å². The standard InChI is InChI=1S/C68H129NO18/c1-3-5-7-9-11-13-15-17-19-21-23-24-25-26-28-30-32-34-36-38-40-42-44-46-56(74)69-51(52(73)45-43-41-39-37-35-33-31-29-27-22-20-18-16-14-12-10-8-6-4-2)50-82-66-62(80)59(77)64(54(48-71)84-66)87-68-63(81)60(78)65(55(49-72)85-68)86-67-61(79)58(76)57(75)53(47-70)83-67/h43,45,51-55,57-68,70-73,75-81H,3-42,44,46-50H2,1-2H3,(H,69,74)/b45-43+. The molecule has 19 heteroatoms. The van der Waals surface area contributed by atoms with Crippen molar-refractivity contribution in [2.45, 2.75) is 388 Å². The average Bonchev–Trinajstić information content (AvgIpc) is 2.88. The van der Waals surface area contributed by atoms with Gasteiger partial charge in [-0.05, 0) is 19.3 Å². The summed E-state index contributed by atoms with van der Waals surface area (Å²) in [7, 11) is 0. The van der Waals surface area contributed by atoms with Crippen molar-refractivity contribution in [3.05, 3.63) is 12.2 Å². The van der Waals surface area contributed by atoms with Gasteiger partial charge in [0, 0.05) is 6.42 Å². The first-order valence-electron chi connectivity index (χ1n) is 35.4. The van der Waals surface area contributed by atoms with Crippen molar-refractivity contribution < 1.29 is 89.4 Å². The van der Waals surface area contributed by atoms with Crippen molar-refractivity contribution in [1.29, 1.82) is 0 Å². The molecule has 17 atom stereocenters. The first kappa shape index (κ1) is 79.8. The third-order valence-corrected chi connectivity index (χ3v) is 18.1. The van der Waals surface area contributed by atoms with Crippen molar-refractivity contribution in [2.75, 3.05) is 26.4 Å². The highest BCUT2D eigenvalue weighted by atomic mass is 16.8. The molecule has 3 rings (SSSR count). The number of rotatable bonds is 55. The summed E-state index contributed by atoms with van der Waals surface area (Å²) in [6, 6.07) is -0.968. The zero-order chi connectivity index (χ0) is 63.3. The van der Waals surface area contributed by atoms with Crippen LogP contribution in [-0.4, -0.2) is 193 Å². The number of allylic oxidation sites excluding steroid dienone is 1. The van der Waals surface area contributed by atoms with Gasteiger partial charge < -0.3 is 89.9 Å². The number of ether oxygens (including phenoxy) is 6. The summed E-state index contributed by atoms with van der Waals surface area (Å²) in [4.78, 5) is 13.4. The lowest BCUT2D eigenvalue weighted by Crippen LogP contribution is -2.66. The molecule has 3 aliphatic rings. The van der Waals surface area contributed by atoms with Crippen LogP contribution in [0.2, 0.25) is 0 Å². The van der Waals surface area contributed by atoms with Crippen molar-refractivity contribution in [3.63, 3.8) is 0 Å². The summed E-state index contributed by atoms with van der Waals surface area (Å²) in [5, 5.41) is 121. The molecule has 0 spiro atoms. The highest BCUT2D eigenvalue weighted by Crippen LogP contribution is 2.33. The summed E-state index contributed by atoms with van der Waals surface area (Å²) in [5.41, 5.74) is 0. The number of amides is 1. The number of hydrogen-bond acceptors (Lipinski definition) is 18. The molecule has 17 unspecified atom stereocenters. The van der Waals surface area contributed by atoms with Crippen LogP contribution < -0.4 is 5.32 Å².